The van der Waals surface area contributed by atoms with E-state index < -0.39 is 12.1 Å². The molecule has 0 aromatic carbocycles. The highest BCUT2D eigenvalue weighted by atomic mass is 16.4. The van der Waals surface area contributed by atoms with Gasteiger partial charge in [-0.25, -0.2) is 4.79 Å². The molecule has 7 heteroatoms. The summed E-state index contributed by atoms with van der Waals surface area (Å²) in [5, 5.41) is 15.5. The van der Waals surface area contributed by atoms with Gasteiger partial charge in [-0.05, 0) is 18.1 Å². The first-order valence-electron chi connectivity index (χ1n) is 6.36. The van der Waals surface area contributed by atoms with Crippen LogP contribution in [-0.4, -0.2) is 26.0 Å². The van der Waals surface area contributed by atoms with Gasteiger partial charge in [-0.3, -0.25) is 9.67 Å². The zero-order valence-electron chi connectivity index (χ0n) is 11.7. The van der Waals surface area contributed by atoms with Crippen LogP contribution in [0.5, 0.6) is 0 Å². The average Bonchev–Trinajstić information content (AvgIpc) is 2.77. The molecule has 2 aromatic rings. The van der Waals surface area contributed by atoms with Crippen molar-refractivity contribution >= 4 is 11.8 Å². The molecule has 4 N–H and O–H groups in total. The van der Waals surface area contributed by atoms with Crippen LogP contribution in [0.2, 0.25) is 0 Å². The molecule has 1 amide bonds. The lowest BCUT2D eigenvalue weighted by Crippen LogP contribution is -2.26. The molecule has 0 fully saturated rings. The van der Waals surface area contributed by atoms with E-state index in [0.29, 0.717) is 12.1 Å². The van der Waals surface area contributed by atoms with E-state index in [4.69, 9.17) is 10.8 Å². The maximum Gasteiger partial charge on any atom is 0.405 e. The van der Waals surface area contributed by atoms with Gasteiger partial charge in [0.2, 0.25) is 0 Å². The Labute approximate surface area is 122 Å². The van der Waals surface area contributed by atoms with Crippen LogP contribution >= 0.6 is 0 Å². The molecule has 0 saturated heterocycles. The van der Waals surface area contributed by atoms with E-state index in [9.17, 15) is 4.79 Å². The molecule has 0 saturated carbocycles. The SMILES string of the molecule is C=CC[C@H](NC(=O)O)c1cncc(-c2c(N)cnn2C)c1. The predicted octanol–water partition coefficient (Wildman–Crippen LogP) is 1.95. The topological polar surface area (TPSA) is 106 Å². The van der Waals surface area contributed by atoms with E-state index in [-0.39, 0.29) is 0 Å². The van der Waals surface area contributed by atoms with Crippen LogP contribution in [0, 0.1) is 0 Å². The minimum absolute atomic E-state index is 0.401. The highest BCUT2D eigenvalue weighted by molar-refractivity contribution is 5.72. The number of nitrogens with two attached hydrogens (primary N) is 1. The van der Waals surface area contributed by atoms with Gasteiger partial charge >= 0.3 is 6.09 Å². The standard InChI is InChI=1S/C14H17N5O2/c1-3-4-12(18-14(20)21)9-5-10(7-16-6-9)13-11(15)8-17-19(13)2/h3,5-8,12,18H,1,4,15H2,2H3,(H,20,21)/t12-/m0/s1. The number of nitrogens with one attached hydrogen (secondary N) is 1. The quantitative estimate of drug-likeness (QED) is 0.729. The molecule has 0 aliphatic carbocycles. The number of pyridine rings is 1. The maximum atomic E-state index is 10.9. The van der Waals surface area contributed by atoms with E-state index >= 15 is 0 Å². The van der Waals surface area contributed by atoms with E-state index in [2.05, 4.69) is 22.0 Å². The van der Waals surface area contributed by atoms with Crippen molar-refractivity contribution < 1.29 is 9.90 Å². The van der Waals surface area contributed by atoms with Gasteiger partial charge in [0.1, 0.15) is 0 Å². The van der Waals surface area contributed by atoms with Crippen LogP contribution in [0.1, 0.15) is 18.0 Å². The van der Waals surface area contributed by atoms with E-state index in [1.54, 1.807) is 36.4 Å². The normalized spacial score (nSPS) is 11.9. The lowest BCUT2D eigenvalue weighted by atomic mass is 10.0. The minimum atomic E-state index is -1.09. The molecule has 2 rings (SSSR count). The van der Waals surface area contributed by atoms with Gasteiger partial charge in [-0.1, -0.05) is 6.08 Å². The number of aromatic nitrogens is 3. The summed E-state index contributed by atoms with van der Waals surface area (Å²) in [5.41, 5.74) is 8.72. The van der Waals surface area contributed by atoms with E-state index in [0.717, 1.165) is 16.8 Å². The fourth-order valence-electron chi connectivity index (χ4n) is 2.18. The summed E-state index contributed by atoms with van der Waals surface area (Å²) in [4.78, 5) is 15.0. The van der Waals surface area contributed by atoms with Crippen LogP contribution in [0.25, 0.3) is 11.3 Å². The largest absolute Gasteiger partial charge is 0.465 e. The summed E-state index contributed by atoms with van der Waals surface area (Å²) in [6.07, 6.45) is 5.90. The van der Waals surface area contributed by atoms with Crippen molar-refractivity contribution in [2.24, 2.45) is 7.05 Å². The summed E-state index contributed by atoms with van der Waals surface area (Å²) >= 11 is 0. The van der Waals surface area contributed by atoms with Crippen molar-refractivity contribution in [3.05, 3.63) is 42.9 Å². The minimum Gasteiger partial charge on any atom is -0.465 e. The number of amides is 1. The third kappa shape index (κ3) is 3.19. The van der Waals surface area contributed by atoms with Gasteiger partial charge in [-0.2, -0.15) is 5.10 Å². The van der Waals surface area contributed by atoms with E-state index in [1.165, 1.54) is 0 Å². The Bertz CT molecular complexity index is 646. The summed E-state index contributed by atoms with van der Waals surface area (Å²) in [7, 11) is 1.79. The van der Waals surface area contributed by atoms with Crippen molar-refractivity contribution in [3.8, 4) is 11.3 Å². The second-order valence-corrected chi connectivity index (χ2v) is 4.61. The molecule has 0 radical (unpaired) electrons. The van der Waals surface area contributed by atoms with Crippen LogP contribution in [0.4, 0.5) is 10.5 Å². The number of nitrogen functional groups attached to an aromatic ring is 1. The Morgan fingerprint density at radius 1 is 1.57 bits per heavy atom. The Balaban J connectivity index is 2.40. The molecule has 0 spiro atoms. The first-order valence-corrected chi connectivity index (χ1v) is 6.36. The number of anilines is 1. The fraction of sp³-hybridized carbons (Fsp3) is 0.214. The molecular weight excluding hydrogens is 270 g/mol. The average molecular weight is 287 g/mol. The molecule has 0 unspecified atom stereocenters. The number of hydrogen-bond donors (Lipinski definition) is 3. The zero-order chi connectivity index (χ0) is 15.4. The van der Waals surface area contributed by atoms with Gasteiger partial charge in [-0.15, -0.1) is 6.58 Å². The van der Waals surface area contributed by atoms with Crippen LogP contribution in [0.15, 0.2) is 37.3 Å². The zero-order valence-corrected chi connectivity index (χ0v) is 11.7. The first-order chi connectivity index (χ1) is 10.0. The monoisotopic (exact) mass is 287 g/mol. The summed E-state index contributed by atoms with van der Waals surface area (Å²) in [6.45, 7) is 3.65. The fourth-order valence-corrected chi connectivity index (χ4v) is 2.18. The van der Waals surface area contributed by atoms with Crippen molar-refractivity contribution in [1.29, 1.82) is 0 Å². The second-order valence-electron chi connectivity index (χ2n) is 4.61. The number of hydrogen-bond acceptors (Lipinski definition) is 4. The Morgan fingerprint density at radius 2 is 2.33 bits per heavy atom. The lowest BCUT2D eigenvalue weighted by Gasteiger charge is -2.16. The van der Waals surface area contributed by atoms with Gasteiger partial charge in [0.05, 0.1) is 23.6 Å². The van der Waals surface area contributed by atoms with Crippen molar-refractivity contribution in [2.45, 2.75) is 12.5 Å². The van der Waals surface area contributed by atoms with Crippen LogP contribution in [-0.2, 0) is 7.05 Å². The van der Waals surface area contributed by atoms with Gasteiger partial charge in [0.15, 0.2) is 0 Å². The second kappa shape index (κ2) is 6.08. The number of carboxylic acid groups (broad SMARTS) is 1. The lowest BCUT2D eigenvalue weighted by molar-refractivity contribution is 0.190. The molecule has 0 bridgehead atoms. The number of rotatable bonds is 5. The molecule has 7 nitrogen and oxygen atoms in total. The third-order valence-corrected chi connectivity index (χ3v) is 3.10. The molecule has 1 atom stereocenters. The molecule has 21 heavy (non-hydrogen) atoms. The first kappa shape index (κ1) is 14.6. The Kier molecular flexibility index (Phi) is 4.22. The number of aryl methyl sites for hydroxylation is 1. The van der Waals surface area contributed by atoms with Gasteiger partial charge in [0, 0.05) is 25.0 Å². The third-order valence-electron chi connectivity index (χ3n) is 3.10. The number of nitrogens with zero attached hydrogens (tertiary/aromatic N) is 3. The molecule has 2 heterocycles. The Morgan fingerprint density at radius 3 is 2.90 bits per heavy atom. The van der Waals surface area contributed by atoms with Gasteiger partial charge < -0.3 is 16.2 Å². The predicted molar refractivity (Wildman–Crippen MR) is 79.6 cm³/mol. The molecule has 2 aromatic heterocycles. The molecule has 110 valence electrons. The molecule has 0 aliphatic rings. The molecular formula is C14H17N5O2. The Hall–Kier alpha value is -2.83. The van der Waals surface area contributed by atoms with Crippen molar-refractivity contribution in [1.82, 2.24) is 20.1 Å². The molecule has 0 aliphatic heterocycles. The van der Waals surface area contributed by atoms with Crippen molar-refractivity contribution in [3.63, 3.8) is 0 Å². The van der Waals surface area contributed by atoms with E-state index in [1.807, 2.05) is 6.07 Å². The highest BCUT2D eigenvalue weighted by Gasteiger charge is 2.15. The van der Waals surface area contributed by atoms with Crippen LogP contribution in [0.3, 0.4) is 0 Å². The highest BCUT2D eigenvalue weighted by Crippen LogP contribution is 2.27. The van der Waals surface area contributed by atoms with Crippen molar-refractivity contribution in [2.75, 3.05) is 5.73 Å². The summed E-state index contributed by atoms with van der Waals surface area (Å²) in [6, 6.07) is 1.45. The summed E-state index contributed by atoms with van der Waals surface area (Å²) in [5.74, 6) is 0. The summed E-state index contributed by atoms with van der Waals surface area (Å²) < 4.78 is 1.66. The van der Waals surface area contributed by atoms with Crippen LogP contribution < -0.4 is 11.1 Å². The number of carbonyl (C=O) groups is 1. The smallest absolute Gasteiger partial charge is 0.405 e. The van der Waals surface area contributed by atoms with Gasteiger partial charge in [0.25, 0.3) is 0 Å². The maximum absolute atomic E-state index is 10.9.